The van der Waals surface area contributed by atoms with Crippen molar-refractivity contribution in [3.05, 3.63) is 0 Å². The Morgan fingerprint density at radius 3 is 1.95 bits per heavy atom. The van der Waals surface area contributed by atoms with Gasteiger partial charge in [0.1, 0.15) is 0 Å². The summed E-state index contributed by atoms with van der Waals surface area (Å²) in [5.74, 6) is 0.410. The molecule has 0 aliphatic rings. The monoisotopic (exact) mass is 274 g/mol. The summed E-state index contributed by atoms with van der Waals surface area (Å²) in [6.45, 7) is 11.6. The van der Waals surface area contributed by atoms with Gasteiger partial charge in [-0.1, -0.05) is 13.8 Å². The highest BCUT2D eigenvalue weighted by molar-refractivity contribution is 5.81. The predicted octanol–water partition coefficient (Wildman–Crippen LogP) is 1.26. The Kier molecular flexibility index (Phi) is 10.8. The molecule has 19 heavy (non-hydrogen) atoms. The molecule has 1 unspecified atom stereocenters. The van der Waals surface area contributed by atoms with E-state index in [-0.39, 0.29) is 5.91 Å². The third-order valence-corrected chi connectivity index (χ3v) is 2.77. The van der Waals surface area contributed by atoms with E-state index in [0.717, 1.165) is 0 Å². The molecule has 0 aromatic carbocycles. The Bertz CT molecular complexity index is 225. The maximum atomic E-state index is 12.3. The molecular weight excluding hydrogens is 244 g/mol. The molecule has 0 rings (SSSR count). The molecule has 0 aromatic rings. The molecule has 0 fully saturated rings. The highest BCUT2D eigenvalue weighted by Gasteiger charge is 2.21. The fraction of sp³-hybridized carbons (Fsp3) is 0.929. The van der Waals surface area contributed by atoms with Crippen LogP contribution in [0, 0.1) is 5.92 Å². The van der Waals surface area contributed by atoms with Crippen LogP contribution in [-0.4, -0.2) is 56.4 Å². The molecule has 1 amide bonds. The lowest BCUT2D eigenvalue weighted by Crippen LogP contribution is -2.46. The zero-order valence-corrected chi connectivity index (χ0v) is 12.9. The van der Waals surface area contributed by atoms with E-state index in [1.165, 1.54) is 0 Å². The Labute approximate surface area is 117 Å². The lowest BCUT2D eigenvalue weighted by Gasteiger charge is -2.26. The molecule has 0 radical (unpaired) electrons. The maximum absolute atomic E-state index is 12.3. The number of carbonyl (C=O) groups is 1. The number of hydrogen-bond donors (Lipinski definition) is 1. The highest BCUT2D eigenvalue weighted by Crippen LogP contribution is 2.06. The second-order valence-corrected chi connectivity index (χ2v) is 4.96. The van der Waals surface area contributed by atoms with Gasteiger partial charge < -0.3 is 20.1 Å². The smallest absolute Gasteiger partial charge is 0.239 e. The third-order valence-electron chi connectivity index (χ3n) is 2.77. The van der Waals surface area contributed by atoms with Crippen molar-refractivity contribution in [2.24, 2.45) is 11.7 Å². The fourth-order valence-electron chi connectivity index (χ4n) is 1.81. The molecule has 0 aliphatic heterocycles. The Hall–Kier alpha value is -0.650. The van der Waals surface area contributed by atoms with Crippen LogP contribution < -0.4 is 5.73 Å². The fourth-order valence-corrected chi connectivity index (χ4v) is 1.81. The minimum absolute atomic E-state index is 0.00638. The molecule has 0 aromatic heterocycles. The molecule has 0 bridgehead atoms. The number of nitrogens with two attached hydrogens (primary N) is 1. The summed E-state index contributed by atoms with van der Waals surface area (Å²) >= 11 is 0. The first kappa shape index (κ1) is 18.4. The molecule has 0 aliphatic carbocycles. The Morgan fingerprint density at radius 1 is 1.11 bits per heavy atom. The van der Waals surface area contributed by atoms with Crippen molar-refractivity contribution in [1.29, 1.82) is 0 Å². The van der Waals surface area contributed by atoms with E-state index in [9.17, 15) is 4.79 Å². The van der Waals surface area contributed by atoms with Crippen LogP contribution in [0.15, 0.2) is 0 Å². The number of rotatable bonds is 11. The standard InChI is InChI=1S/C14H30N2O3/c1-5-18-9-7-16(8-10-19-6-2)14(17)13(15)11-12(3)4/h12-13H,5-11,15H2,1-4H3. The molecule has 0 saturated carbocycles. The van der Waals surface area contributed by atoms with Crippen molar-refractivity contribution in [2.75, 3.05) is 39.5 Å². The normalized spacial score (nSPS) is 12.7. The zero-order chi connectivity index (χ0) is 14.7. The summed E-state index contributed by atoms with van der Waals surface area (Å²) in [4.78, 5) is 14.0. The van der Waals surface area contributed by atoms with E-state index in [0.29, 0.717) is 51.9 Å². The van der Waals surface area contributed by atoms with Crippen LogP contribution in [0.5, 0.6) is 0 Å². The minimum Gasteiger partial charge on any atom is -0.380 e. The van der Waals surface area contributed by atoms with Crippen molar-refractivity contribution >= 4 is 5.91 Å². The van der Waals surface area contributed by atoms with Gasteiger partial charge in [0, 0.05) is 26.3 Å². The topological polar surface area (TPSA) is 64.8 Å². The summed E-state index contributed by atoms with van der Waals surface area (Å²) in [6, 6.07) is -0.428. The van der Waals surface area contributed by atoms with Gasteiger partial charge in [-0.05, 0) is 26.2 Å². The van der Waals surface area contributed by atoms with Crippen molar-refractivity contribution in [1.82, 2.24) is 4.90 Å². The van der Waals surface area contributed by atoms with Gasteiger partial charge in [-0.15, -0.1) is 0 Å². The van der Waals surface area contributed by atoms with E-state index in [4.69, 9.17) is 15.2 Å². The quantitative estimate of drug-likeness (QED) is 0.576. The number of nitrogens with zero attached hydrogens (tertiary/aromatic N) is 1. The summed E-state index contributed by atoms with van der Waals surface area (Å²) < 4.78 is 10.6. The van der Waals surface area contributed by atoms with Crippen molar-refractivity contribution in [2.45, 2.75) is 40.2 Å². The SMILES string of the molecule is CCOCCN(CCOCC)C(=O)C(N)CC(C)C. The molecule has 5 heteroatoms. The summed E-state index contributed by atoms with van der Waals surface area (Å²) in [5, 5.41) is 0. The zero-order valence-electron chi connectivity index (χ0n) is 12.9. The first-order valence-electron chi connectivity index (χ1n) is 7.22. The molecular formula is C14H30N2O3. The van der Waals surface area contributed by atoms with E-state index in [2.05, 4.69) is 13.8 Å². The van der Waals surface area contributed by atoms with Gasteiger partial charge >= 0.3 is 0 Å². The minimum atomic E-state index is -0.428. The van der Waals surface area contributed by atoms with Gasteiger partial charge in [-0.3, -0.25) is 4.79 Å². The average Bonchev–Trinajstić information content (AvgIpc) is 2.35. The lowest BCUT2D eigenvalue weighted by atomic mass is 10.0. The van der Waals surface area contributed by atoms with Crippen LogP contribution in [0.3, 0.4) is 0 Å². The van der Waals surface area contributed by atoms with Crippen molar-refractivity contribution in [3.63, 3.8) is 0 Å². The van der Waals surface area contributed by atoms with E-state index < -0.39 is 6.04 Å². The first-order chi connectivity index (χ1) is 9.02. The highest BCUT2D eigenvalue weighted by atomic mass is 16.5. The van der Waals surface area contributed by atoms with E-state index in [1.54, 1.807) is 4.90 Å². The molecule has 0 spiro atoms. The van der Waals surface area contributed by atoms with Gasteiger partial charge in [0.2, 0.25) is 5.91 Å². The Balaban J connectivity index is 4.29. The van der Waals surface area contributed by atoms with Crippen LogP contribution in [0.4, 0.5) is 0 Å². The summed E-state index contributed by atoms with van der Waals surface area (Å²) in [7, 11) is 0. The van der Waals surface area contributed by atoms with Crippen molar-refractivity contribution < 1.29 is 14.3 Å². The van der Waals surface area contributed by atoms with Crippen LogP contribution in [0.2, 0.25) is 0 Å². The van der Waals surface area contributed by atoms with E-state index in [1.807, 2.05) is 13.8 Å². The largest absolute Gasteiger partial charge is 0.380 e. The third kappa shape index (κ3) is 8.97. The summed E-state index contributed by atoms with van der Waals surface area (Å²) in [5.41, 5.74) is 5.95. The lowest BCUT2D eigenvalue weighted by molar-refractivity contribution is -0.134. The average molecular weight is 274 g/mol. The number of carbonyl (C=O) groups excluding carboxylic acids is 1. The Morgan fingerprint density at radius 2 is 1.58 bits per heavy atom. The first-order valence-corrected chi connectivity index (χ1v) is 7.22. The summed E-state index contributed by atoms with van der Waals surface area (Å²) in [6.07, 6.45) is 0.707. The molecule has 5 nitrogen and oxygen atoms in total. The number of ether oxygens (including phenoxy) is 2. The second kappa shape index (κ2) is 11.2. The molecule has 114 valence electrons. The predicted molar refractivity (Wildman–Crippen MR) is 77.0 cm³/mol. The van der Waals surface area contributed by atoms with Gasteiger partial charge in [0.25, 0.3) is 0 Å². The van der Waals surface area contributed by atoms with Gasteiger partial charge in [-0.2, -0.15) is 0 Å². The number of hydrogen-bond acceptors (Lipinski definition) is 4. The molecule has 2 N–H and O–H groups in total. The van der Waals surface area contributed by atoms with Crippen molar-refractivity contribution in [3.8, 4) is 0 Å². The van der Waals surface area contributed by atoms with Gasteiger partial charge in [0.05, 0.1) is 19.3 Å². The number of amides is 1. The van der Waals surface area contributed by atoms with Gasteiger partial charge in [-0.25, -0.2) is 0 Å². The van der Waals surface area contributed by atoms with Crippen LogP contribution in [0.25, 0.3) is 0 Å². The maximum Gasteiger partial charge on any atom is 0.239 e. The second-order valence-electron chi connectivity index (χ2n) is 4.96. The van der Waals surface area contributed by atoms with E-state index >= 15 is 0 Å². The molecule has 0 saturated heterocycles. The van der Waals surface area contributed by atoms with Gasteiger partial charge in [0.15, 0.2) is 0 Å². The molecule has 1 atom stereocenters. The molecule has 0 heterocycles. The van der Waals surface area contributed by atoms with Crippen LogP contribution in [-0.2, 0) is 14.3 Å². The van der Waals surface area contributed by atoms with Crippen LogP contribution in [0.1, 0.15) is 34.1 Å². The van der Waals surface area contributed by atoms with Crippen LogP contribution >= 0.6 is 0 Å².